The summed E-state index contributed by atoms with van der Waals surface area (Å²) in [5.74, 6) is 0.106. The Kier molecular flexibility index (Phi) is 4.48. The molecule has 1 aliphatic heterocycles. The number of carbonyl (C=O) groups excluding carboxylic acids is 1. The van der Waals surface area contributed by atoms with E-state index in [0.29, 0.717) is 0 Å². The van der Waals surface area contributed by atoms with Crippen molar-refractivity contribution in [3.05, 3.63) is 52.4 Å². The highest BCUT2D eigenvalue weighted by Gasteiger charge is 2.26. The molecule has 1 aliphatic rings. The second kappa shape index (κ2) is 6.77. The summed E-state index contributed by atoms with van der Waals surface area (Å²) in [7, 11) is 0. The maximum Gasteiger partial charge on any atom is 0.254 e. The number of pyridine rings is 1. The van der Waals surface area contributed by atoms with Gasteiger partial charge in [0, 0.05) is 18.0 Å². The first-order valence-corrected chi connectivity index (χ1v) is 9.79. The predicted octanol–water partition coefficient (Wildman–Crippen LogP) is 5.63. The van der Waals surface area contributed by atoms with Crippen molar-refractivity contribution >= 4 is 39.7 Å². The van der Waals surface area contributed by atoms with Crippen LogP contribution in [-0.4, -0.2) is 28.4 Å². The number of aromatic nitrogens is 1. The molecule has 3 nitrogen and oxygen atoms in total. The van der Waals surface area contributed by atoms with Crippen molar-refractivity contribution in [3.63, 3.8) is 0 Å². The third-order valence-corrected chi connectivity index (χ3v) is 6.09. The zero-order valence-electron chi connectivity index (χ0n) is 14.0. The van der Waals surface area contributed by atoms with Crippen molar-refractivity contribution in [1.29, 1.82) is 0 Å². The molecule has 25 heavy (non-hydrogen) atoms. The number of hydrogen-bond acceptors (Lipinski definition) is 3. The van der Waals surface area contributed by atoms with E-state index in [1.807, 2.05) is 47.4 Å². The largest absolute Gasteiger partial charge is 0.336 e. The molecule has 1 saturated heterocycles. The number of fused-ring (bicyclic) bond motifs is 1. The van der Waals surface area contributed by atoms with Gasteiger partial charge in [-0.2, -0.15) is 0 Å². The number of thiophene rings is 1. The summed E-state index contributed by atoms with van der Waals surface area (Å²) in [6.45, 7) is 2.97. The highest BCUT2D eigenvalue weighted by Crippen LogP contribution is 2.33. The van der Waals surface area contributed by atoms with Crippen LogP contribution < -0.4 is 0 Å². The minimum atomic E-state index is 0.106. The molecule has 0 bridgehead atoms. The zero-order valence-corrected chi connectivity index (χ0v) is 15.6. The zero-order chi connectivity index (χ0) is 17.4. The Morgan fingerprint density at radius 2 is 2.08 bits per heavy atom. The molecule has 3 aromatic rings. The van der Waals surface area contributed by atoms with Gasteiger partial charge in [-0.25, -0.2) is 4.98 Å². The third kappa shape index (κ3) is 3.16. The molecule has 0 radical (unpaired) electrons. The van der Waals surface area contributed by atoms with Crippen LogP contribution >= 0.6 is 22.9 Å². The van der Waals surface area contributed by atoms with Crippen LogP contribution in [0.15, 0.2) is 42.5 Å². The number of benzene rings is 1. The number of rotatable bonds is 2. The molecule has 1 aromatic carbocycles. The van der Waals surface area contributed by atoms with Gasteiger partial charge in [-0.05, 0) is 50.5 Å². The Morgan fingerprint density at radius 3 is 2.84 bits per heavy atom. The molecule has 3 heterocycles. The van der Waals surface area contributed by atoms with Crippen LogP contribution in [0.25, 0.3) is 21.5 Å². The second-order valence-corrected chi connectivity index (χ2v) is 8.23. The van der Waals surface area contributed by atoms with E-state index in [0.717, 1.165) is 50.8 Å². The molecule has 1 atom stereocenters. The lowest BCUT2D eigenvalue weighted by molar-refractivity contribution is 0.0637. The van der Waals surface area contributed by atoms with Gasteiger partial charge in [0.15, 0.2) is 0 Å². The maximum atomic E-state index is 13.3. The predicted molar refractivity (Wildman–Crippen MR) is 104 cm³/mol. The lowest BCUT2D eigenvalue weighted by atomic mass is 10.00. The average Bonchev–Trinajstić information content (AvgIpc) is 3.07. The van der Waals surface area contributed by atoms with Gasteiger partial charge < -0.3 is 4.90 Å². The van der Waals surface area contributed by atoms with E-state index in [2.05, 4.69) is 6.92 Å². The lowest BCUT2D eigenvalue weighted by Crippen LogP contribution is -2.42. The molecular formula is C20H19ClN2OS. The Labute approximate surface area is 156 Å². The van der Waals surface area contributed by atoms with E-state index < -0.39 is 0 Å². The van der Waals surface area contributed by atoms with Crippen LogP contribution in [0.5, 0.6) is 0 Å². The number of amides is 1. The van der Waals surface area contributed by atoms with Crippen molar-refractivity contribution in [2.75, 3.05) is 6.54 Å². The summed E-state index contributed by atoms with van der Waals surface area (Å²) in [4.78, 5) is 21.0. The van der Waals surface area contributed by atoms with E-state index in [9.17, 15) is 4.79 Å². The van der Waals surface area contributed by atoms with Gasteiger partial charge in [0.05, 0.1) is 26.0 Å². The number of piperidine rings is 1. The van der Waals surface area contributed by atoms with Gasteiger partial charge in [0.2, 0.25) is 0 Å². The van der Waals surface area contributed by atoms with Crippen molar-refractivity contribution in [2.24, 2.45) is 0 Å². The minimum Gasteiger partial charge on any atom is -0.336 e. The molecule has 0 N–H and O–H groups in total. The molecule has 5 heteroatoms. The van der Waals surface area contributed by atoms with Crippen LogP contribution in [0.2, 0.25) is 4.34 Å². The summed E-state index contributed by atoms with van der Waals surface area (Å²) in [5, 5.41) is 0.914. The normalized spacial score (nSPS) is 17.8. The molecule has 0 aliphatic carbocycles. The first-order valence-electron chi connectivity index (χ1n) is 8.60. The standard InChI is InChI=1S/C20H19ClN2OS/c1-13-6-4-5-11-23(13)20(24)15-12-17(18-9-10-19(21)25-18)22-16-8-3-2-7-14(15)16/h2-3,7-10,12-13H,4-6,11H2,1H3. The van der Waals surface area contributed by atoms with Gasteiger partial charge in [0.1, 0.15) is 0 Å². The maximum absolute atomic E-state index is 13.3. The summed E-state index contributed by atoms with van der Waals surface area (Å²) >= 11 is 7.57. The van der Waals surface area contributed by atoms with E-state index in [1.165, 1.54) is 17.8 Å². The van der Waals surface area contributed by atoms with Crippen LogP contribution in [0.1, 0.15) is 36.5 Å². The first kappa shape index (κ1) is 16.6. The SMILES string of the molecule is CC1CCCCN1C(=O)c1cc(-c2ccc(Cl)s2)nc2ccccc12. The Balaban J connectivity index is 1.85. The van der Waals surface area contributed by atoms with Gasteiger partial charge in [-0.1, -0.05) is 29.8 Å². The highest BCUT2D eigenvalue weighted by atomic mass is 35.5. The summed E-state index contributed by atoms with van der Waals surface area (Å²) in [6.07, 6.45) is 3.34. The second-order valence-electron chi connectivity index (χ2n) is 6.52. The van der Waals surface area contributed by atoms with Gasteiger partial charge >= 0.3 is 0 Å². The Bertz CT molecular complexity index is 936. The fourth-order valence-electron chi connectivity index (χ4n) is 3.49. The average molecular weight is 371 g/mol. The number of nitrogens with zero attached hydrogens (tertiary/aromatic N) is 2. The number of para-hydroxylation sites is 1. The fourth-order valence-corrected chi connectivity index (χ4v) is 4.49. The van der Waals surface area contributed by atoms with Gasteiger partial charge in [-0.15, -0.1) is 11.3 Å². The molecule has 4 rings (SSSR count). The molecule has 128 valence electrons. The minimum absolute atomic E-state index is 0.106. The van der Waals surface area contributed by atoms with Crippen LogP contribution in [0, 0.1) is 0 Å². The van der Waals surface area contributed by atoms with Crippen LogP contribution in [0.4, 0.5) is 0 Å². The van der Waals surface area contributed by atoms with E-state index >= 15 is 0 Å². The molecular weight excluding hydrogens is 352 g/mol. The molecule has 2 aromatic heterocycles. The number of likely N-dealkylation sites (tertiary alicyclic amines) is 1. The summed E-state index contributed by atoms with van der Waals surface area (Å²) in [6, 6.07) is 13.9. The van der Waals surface area contributed by atoms with Crippen molar-refractivity contribution < 1.29 is 4.79 Å². The molecule has 0 spiro atoms. The van der Waals surface area contributed by atoms with E-state index in [1.54, 1.807) is 0 Å². The number of halogens is 1. The van der Waals surface area contributed by atoms with E-state index in [4.69, 9.17) is 16.6 Å². The smallest absolute Gasteiger partial charge is 0.254 e. The Hall–Kier alpha value is -1.91. The van der Waals surface area contributed by atoms with Crippen molar-refractivity contribution in [2.45, 2.75) is 32.2 Å². The summed E-state index contributed by atoms with van der Waals surface area (Å²) in [5.41, 5.74) is 2.39. The fraction of sp³-hybridized carbons (Fsp3) is 0.300. The lowest BCUT2D eigenvalue weighted by Gasteiger charge is -2.33. The highest BCUT2D eigenvalue weighted by molar-refractivity contribution is 7.19. The van der Waals surface area contributed by atoms with Gasteiger partial charge in [-0.3, -0.25) is 4.79 Å². The number of hydrogen-bond donors (Lipinski definition) is 0. The molecule has 0 saturated carbocycles. The van der Waals surface area contributed by atoms with Crippen LogP contribution in [0.3, 0.4) is 0 Å². The monoisotopic (exact) mass is 370 g/mol. The van der Waals surface area contributed by atoms with E-state index in [-0.39, 0.29) is 11.9 Å². The molecule has 1 fully saturated rings. The van der Waals surface area contributed by atoms with Crippen molar-refractivity contribution in [3.8, 4) is 10.6 Å². The Morgan fingerprint density at radius 1 is 1.24 bits per heavy atom. The number of carbonyl (C=O) groups is 1. The first-order chi connectivity index (χ1) is 12.1. The molecule has 1 unspecified atom stereocenters. The van der Waals surface area contributed by atoms with Crippen LogP contribution in [-0.2, 0) is 0 Å². The third-order valence-electron chi connectivity index (χ3n) is 4.84. The van der Waals surface area contributed by atoms with Gasteiger partial charge in [0.25, 0.3) is 5.91 Å². The topological polar surface area (TPSA) is 33.2 Å². The van der Waals surface area contributed by atoms with Crippen molar-refractivity contribution in [1.82, 2.24) is 9.88 Å². The quantitative estimate of drug-likeness (QED) is 0.585. The molecule has 1 amide bonds. The summed E-state index contributed by atoms with van der Waals surface area (Å²) < 4.78 is 0.725.